The Labute approximate surface area is 151 Å². The average Bonchev–Trinajstić information content (AvgIpc) is 2.61. The van der Waals surface area contributed by atoms with Gasteiger partial charge in [0.25, 0.3) is 10.0 Å². The van der Waals surface area contributed by atoms with Gasteiger partial charge in [-0.2, -0.15) is 0 Å². The molecule has 0 bridgehead atoms. The van der Waals surface area contributed by atoms with Crippen LogP contribution < -0.4 is 23.7 Å². The lowest BCUT2D eigenvalue weighted by atomic mass is 10.3. The van der Waals surface area contributed by atoms with E-state index in [-0.39, 0.29) is 16.3 Å². The van der Waals surface area contributed by atoms with E-state index in [9.17, 15) is 8.42 Å². The predicted octanol–water partition coefficient (Wildman–Crippen LogP) is 3.18. The second-order valence-corrected chi connectivity index (χ2v) is 6.90. The van der Waals surface area contributed by atoms with Crippen LogP contribution in [-0.2, 0) is 10.0 Å². The third-order valence-corrected chi connectivity index (χ3v) is 5.04. The second-order valence-electron chi connectivity index (χ2n) is 4.81. The highest BCUT2D eigenvalue weighted by molar-refractivity contribution is 7.92. The van der Waals surface area contributed by atoms with Crippen molar-refractivity contribution in [3.63, 3.8) is 0 Å². The van der Waals surface area contributed by atoms with Crippen LogP contribution in [0.15, 0.2) is 35.2 Å². The van der Waals surface area contributed by atoms with Crippen molar-refractivity contribution in [3.05, 3.63) is 35.4 Å². The number of methoxy groups -OCH3 is 4. The highest BCUT2D eigenvalue weighted by Crippen LogP contribution is 2.37. The normalized spacial score (nSPS) is 10.9. The van der Waals surface area contributed by atoms with Gasteiger partial charge >= 0.3 is 0 Å². The number of benzene rings is 2. The smallest absolute Gasteiger partial charge is 0.262 e. The van der Waals surface area contributed by atoms with Crippen molar-refractivity contribution in [3.8, 4) is 23.0 Å². The van der Waals surface area contributed by atoms with Crippen LogP contribution in [0.2, 0.25) is 5.02 Å². The SMILES string of the molecule is COc1cc(NS(=O)(=O)c2ccc(OC)c(OC)c2)c(OC)cc1Cl. The lowest BCUT2D eigenvalue weighted by Gasteiger charge is -2.15. The molecule has 9 heteroatoms. The van der Waals surface area contributed by atoms with Crippen LogP contribution in [0.3, 0.4) is 0 Å². The van der Waals surface area contributed by atoms with Gasteiger partial charge < -0.3 is 18.9 Å². The number of hydrogen-bond acceptors (Lipinski definition) is 6. The molecule has 0 radical (unpaired) electrons. The molecule has 0 saturated carbocycles. The lowest BCUT2D eigenvalue weighted by molar-refractivity contribution is 0.354. The van der Waals surface area contributed by atoms with E-state index in [2.05, 4.69) is 4.72 Å². The van der Waals surface area contributed by atoms with E-state index in [1.54, 1.807) is 0 Å². The fourth-order valence-corrected chi connectivity index (χ4v) is 3.43. The van der Waals surface area contributed by atoms with Crippen molar-refractivity contribution in [2.45, 2.75) is 4.90 Å². The molecule has 2 aromatic carbocycles. The van der Waals surface area contributed by atoms with Crippen molar-refractivity contribution in [1.82, 2.24) is 0 Å². The number of halogens is 1. The van der Waals surface area contributed by atoms with Gasteiger partial charge in [0, 0.05) is 18.2 Å². The molecule has 0 aliphatic rings. The number of anilines is 1. The summed E-state index contributed by atoms with van der Waals surface area (Å²) in [5, 5.41) is 0.299. The van der Waals surface area contributed by atoms with Gasteiger partial charge in [-0.25, -0.2) is 8.42 Å². The maximum Gasteiger partial charge on any atom is 0.262 e. The van der Waals surface area contributed by atoms with E-state index in [1.807, 2.05) is 0 Å². The molecule has 0 aliphatic carbocycles. The van der Waals surface area contributed by atoms with E-state index in [4.69, 9.17) is 30.5 Å². The van der Waals surface area contributed by atoms with Crippen molar-refractivity contribution >= 4 is 27.3 Å². The van der Waals surface area contributed by atoms with Crippen LogP contribution in [0, 0.1) is 0 Å². The first-order valence-electron chi connectivity index (χ1n) is 7.02. The molecule has 0 heterocycles. The topological polar surface area (TPSA) is 83.1 Å². The first kappa shape index (κ1) is 19.0. The molecule has 0 spiro atoms. The van der Waals surface area contributed by atoms with Crippen LogP contribution >= 0.6 is 11.6 Å². The van der Waals surface area contributed by atoms with Gasteiger partial charge in [0.2, 0.25) is 0 Å². The van der Waals surface area contributed by atoms with E-state index in [1.165, 1.54) is 58.8 Å². The Bertz CT molecular complexity index is 869. The van der Waals surface area contributed by atoms with Crippen molar-refractivity contribution in [1.29, 1.82) is 0 Å². The molecule has 0 unspecified atom stereocenters. The third-order valence-electron chi connectivity index (χ3n) is 3.38. The summed E-state index contributed by atoms with van der Waals surface area (Å²) in [5.41, 5.74) is 0.193. The molecule has 0 aliphatic heterocycles. The van der Waals surface area contributed by atoms with E-state index < -0.39 is 10.0 Å². The van der Waals surface area contributed by atoms with Gasteiger partial charge in [-0.1, -0.05) is 11.6 Å². The number of sulfonamides is 1. The quantitative estimate of drug-likeness (QED) is 0.785. The van der Waals surface area contributed by atoms with Gasteiger partial charge in [0.05, 0.1) is 44.0 Å². The average molecular weight is 388 g/mol. The van der Waals surface area contributed by atoms with E-state index >= 15 is 0 Å². The van der Waals surface area contributed by atoms with Crippen LogP contribution in [0.1, 0.15) is 0 Å². The minimum Gasteiger partial charge on any atom is -0.495 e. The first-order chi connectivity index (χ1) is 11.9. The Morgan fingerprint density at radius 1 is 0.800 bits per heavy atom. The summed E-state index contributed by atoms with van der Waals surface area (Å²) < 4.78 is 48.4. The summed E-state index contributed by atoms with van der Waals surface area (Å²) in [6.07, 6.45) is 0. The summed E-state index contributed by atoms with van der Waals surface area (Å²) >= 11 is 6.03. The standard InChI is InChI=1S/C16H18ClNO6S/c1-21-13-6-5-10(7-16(13)24-4)25(19,20)18-12-9-14(22-2)11(17)8-15(12)23-3/h5-9,18H,1-4H3. The first-order valence-corrected chi connectivity index (χ1v) is 8.88. The zero-order chi connectivity index (χ0) is 18.6. The second kappa shape index (κ2) is 7.71. The molecule has 0 atom stereocenters. The summed E-state index contributed by atoms with van der Waals surface area (Å²) in [5.74, 6) is 1.29. The number of nitrogens with one attached hydrogen (secondary N) is 1. The zero-order valence-electron chi connectivity index (χ0n) is 14.1. The Morgan fingerprint density at radius 2 is 1.40 bits per heavy atom. The molecule has 136 valence electrons. The number of rotatable bonds is 7. The molecule has 2 aromatic rings. The van der Waals surface area contributed by atoms with Crippen LogP contribution in [-0.4, -0.2) is 36.9 Å². The van der Waals surface area contributed by atoms with Crippen molar-refractivity contribution < 1.29 is 27.4 Å². The summed E-state index contributed by atoms with van der Waals surface area (Å²) in [7, 11) is 1.83. The molecule has 7 nitrogen and oxygen atoms in total. The van der Waals surface area contributed by atoms with Gasteiger partial charge in [-0.05, 0) is 12.1 Å². The molecule has 0 saturated heterocycles. The van der Waals surface area contributed by atoms with Gasteiger partial charge in [-0.15, -0.1) is 0 Å². The van der Waals surface area contributed by atoms with Gasteiger partial charge in [0.1, 0.15) is 11.5 Å². The van der Waals surface area contributed by atoms with Crippen LogP contribution in [0.5, 0.6) is 23.0 Å². The van der Waals surface area contributed by atoms with Gasteiger partial charge in [-0.3, -0.25) is 4.72 Å². The fourth-order valence-electron chi connectivity index (χ4n) is 2.13. The van der Waals surface area contributed by atoms with Crippen molar-refractivity contribution in [2.75, 3.05) is 33.2 Å². The number of hydrogen-bond donors (Lipinski definition) is 1. The van der Waals surface area contributed by atoms with Crippen molar-refractivity contribution in [2.24, 2.45) is 0 Å². The molecule has 0 aromatic heterocycles. The van der Waals surface area contributed by atoms with Gasteiger partial charge in [0.15, 0.2) is 11.5 Å². The van der Waals surface area contributed by atoms with E-state index in [0.717, 1.165) is 0 Å². The molecule has 2 rings (SSSR count). The Balaban J connectivity index is 2.45. The lowest BCUT2D eigenvalue weighted by Crippen LogP contribution is -2.14. The Kier molecular flexibility index (Phi) is 5.86. The van der Waals surface area contributed by atoms with Crippen LogP contribution in [0.25, 0.3) is 0 Å². The maximum absolute atomic E-state index is 12.7. The highest BCUT2D eigenvalue weighted by atomic mass is 35.5. The Morgan fingerprint density at radius 3 is 1.96 bits per heavy atom. The largest absolute Gasteiger partial charge is 0.495 e. The summed E-state index contributed by atoms with van der Waals surface area (Å²) in [4.78, 5) is 0.00104. The zero-order valence-corrected chi connectivity index (χ0v) is 15.7. The third kappa shape index (κ3) is 4.02. The molecular formula is C16H18ClNO6S. The van der Waals surface area contributed by atoms with Crippen LogP contribution in [0.4, 0.5) is 5.69 Å². The Hall–Kier alpha value is -2.32. The highest BCUT2D eigenvalue weighted by Gasteiger charge is 2.20. The van der Waals surface area contributed by atoms with E-state index in [0.29, 0.717) is 22.3 Å². The predicted molar refractivity (Wildman–Crippen MR) is 94.9 cm³/mol. The summed E-state index contributed by atoms with van der Waals surface area (Å²) in [6, 6.07) is 7.18. The molecule has 0 amide bonds. The molecule has 1 N–H and O–H groups in total. The maximum atomic E-state index is 12.7. The monoisotopic (exact) mass is 387 g/mol. The summed E-state index contributed by atoms with van der Waals surface area (Å²) in [6.45, 7) is 0. The molecular weight excluding hydrogens is 370 g/mol. The minimum atomic E-state index is -3.91. The minimum absolute atomic E-state index is 0.00104. The molecule has 0 fully saturated rings. The molecule has 25 heavy (non-hydrogen) atoms. The number of ether oxygens (including phenoxy) is 4. The fraction of sp³-hybridized carbons (Fsp3) is 0.250.